The van der Waals surface area contributed by atoms with Crippen molar-refractivity contribution in [1.29, 1.82) is 0 Å². The van der Waals surface area contributed by atoms with Crippen LogP contribution in [-0.2, 0) is 10.0 Å². The maximum Gasteiger partial charge on any atom is 0.243 e. The van der Waals surface area contributed by atoms with Gasteiger partial charge in [0.2, 0.25) is 10.0 Å². The lowest BCUT2D eigenvalue weighted by Gasteiger charge is -2.25. The van der Waals surface area contributed by atoms with Crippen molar-refractivity contribution in [3.63, 3.8) is 0 Å². The number of pyridine rings is 1. The molecule has 5 nitrogen and oxygen atoms in total. The Balaban J connectivity index is 1.81. The molecule has 1 aromatic carbocycles. The lowest BCUT2D eigenvalue weighted by molar-refractivity contribution is 0.433. The van der Waals surface area contributed by atoms with Crippen LogP contribution in [0.2, 0.25) is 10.0 Å². The van der Waals surface area contributed by atoms with E-state index < -0.39 is 10.0 Å². The number of rotatable bonds is 3. The quantitative estimate of drug-likeness (QED) is 0.790. The second-order valence-corrected chi connectivity index (χ2v) is 8.76. The molecule has 134 valence electrons. The predicted octanol–water partition coefficient (Wildman–Crippen LogP) is 3.60. The molecule has 1 fully saturated rings. The van der Waals surface area contributed by atoms with Gasteiger partial charge in [0, 0.05) is 38.6 Å². The Morgan fingerprint density at radius 3 is 2.24 bits per heavy atom. The molecule has 0 aliphatic carbocycles. The largest absolute Gasteiger partial charge is 0.368 e. The summed E-state index contributed by atoms with van der Waals surface area (Å²) in [7, 11) is -3.50. The molecule has 0 unspecified atom stereocenters. The van der Waals surface area contributed by atoms with Gasteiger partial charge in [-0.05, 0) is 25.5 Å². The van der Waals surface area contributed by atoms with E-state index in [1.165, 1.54) is 4.31 Å². The first kappa shape index (κ1) is 18.5. The molecule has 0 radical (unpaired) electrons. The highest BCUT2D eigenvalue weighted by molar-refractivity contribution is 7.89. The zero-order valence-electron chi connectivity index (χ0n) is 13.8. The van der Waals surface area contributed by atoms with Gasteiger partial charge in [-0.2, -0.15) is 4.31 Å². The zero-order chi connectivity index (χ0) is 18.0. The lowest BCUT2D eigenvalue weighted by atomic mass is 10.2. The predicted molar refractivity (Wildman–Crippen MR) is 101 cm³/mol. The van der Waals surface area contributed by atoms with Crippen molar-refractivity contribution in [3.05, 3.63) is 52.3 Å². The summed E-state index contributed by atoms with van der Waals surface area (Å²) < 4.78 is 27.3. The van der Waals surface area contributed by atoms with E-state index in [1.54, 1.807) is 24.5 Å². The van der Waals surface area contributed by atoms with Crippen LogP contribution >= 0.6 is 23.2 Å². The molecule has 1 aliphatic heterocycles. The standard InChI is InChI=1S/C17H19Cl2N3O2S/c1-13-3-5-14(6-4-13)25(23,24)22-8-2-7-21(9-10-22)17-15(18)11-20-12-16(17)19/h3-6,11-12H,2,7-10H2,1H3. The SMILES string of the molecule is Cc1ccc(S(=O)(=O)N2CCCN(c3c(Cl)cncc3Cl)CC2)cc1. The fraction of sp³-hybridized carbons (Fsp3) is 0.353. The van der Waals surface area contributed by atoms with Gasteiger partial charge in [-0.1, -0.05) is 40.9 Å². The van der Waals surface area contributed by atoms with Crippen molar-refractivity contribution in [2.75, 3.05) is 31.1 Å². The van der Waals surface area contributed by atoms with Crippen LogP contribution in [0.5, 0.6) is 0 Å². The molecule has 0 amide bonds. The van der Waals surface area contributed by atoms with E-state index in [2.05, 4.69) is 4.98 Å². The van der Waals surface area contributed by atoms with Gasteiger partial charge >= 0.3 is 0 Å². The smallest absolute Gasteiger partial charge is 0.243 e. The number of hydrogen-bond acceptors (Lipinski definition) is 4. The summed E-state index contributed by atoms with van der Waals surface area (Å²) in [5.74, 6) is 0. The van der Waals surface area contributed by atoms with Crippen LogP contribution in [0.3, 0.4) is 0 Å². The highest BCUT2D eigenvalue weighted by Gasteiger charge is 2.28. The van der Waals surface area contributed by atoms with E-state index in [0.717, 1.165) is 5.56 Å². The molecule has 1 aromatic heterocycles. The van der Waals surface area contributed by atoms with Gasteiger partial charge in [0.25, 0.3) is 0 Å². The van der Waals surface area contributed by atoms with Crippen LogP contribution < -0.4 is 4.90 Å². The normalized spacial score (nSPS) is 16.7. The summed E-state index contributed by atoms with van der Waals surface area (Å²) in [6, 6.07) is 6.94. The maximum atomic E-state index is 12.9. The number of sulfonamides is 1. The van der Waals surface area contributed by atoms with Crippen LogP contribution in [0.25, 0.3) is 0 Å². The van der Waals surface area contributed by atoms with Crippen molar-refractivity contribution >= 4 is 38.9 Å². The summed E-state index contributed by atoms with van der Waals surface area (Å²) in [5, 5.41) is 0.949. The van der Waals surface area contributed by atoms with Crippen LogP contribution in [0.4, 0.5) is 5.69 Å². The number of anilines is 1. The van der Waals surface area contributed by atoms with E-state index in [-0.39, 0.29) is 0 Å². The van der Waals surface area contributed by atoms with Crippen molar-refractivity contribution in [1.82, 2.24) is 9.29 Å². The van der Waals surface area contributed by atoms with Gasteiger partial charge in [-0.25, -0.2) is 8.42 Å². The summed E-state index contributed by atoms with van der Waals surface area (Å²) in [5.41, 5.74) is 1.75. The third kappa shape index (κ3) is 3.92. The van der Waals surface area contributed by atoms with E-state index in [4.69, 9.17) is 23.2 Å². The van der Waals surface area contributed by atoms with Gasteiger partial charge in [-0.3, -0.25) is 4.98 Å². The zero-order valence-corrected chi connectivity index (χ0v) is 16.2. The first-order valence-corrected chi connectivity index (χ1v) is 10.2. The molecular weight excluding hydrogens is 381 g/mol. The van der Waals surface area contributed by atoms with Crippen LogP contribution in [0.1, 0.15) is 12.0 Å². The average molecular weight is 400 g/mol. The van der Waals surface area contributed by atoms with Gasteiger partial charge in [0.1, 0.15) is 0 Å². The molecular formula is C17H19Cl2N3O2S. The number of aryl methyl sites for hydroxylation is 1. The van der Waals surface area contributed by atoms with Crippen LogP contribution in [0.15, 0.2) is 41.6 Å². The minimum atomic E-state index is -3.50. The van der Waals surface area contributed by atoms with Crippen LogP contribution in [0, 0.1) is 6.92 Å². The minimum Gasteiger partial charge on any atom is -0.368 e. The fourth-order valence-electron chi connectivity index (χ4n) is 2.92. The molecule has 8 heteroatoms. The van der Waals surface area contributed by atoms with E-state index >= 15 is 0 Å². The molecule has 2 aromatic rings. The van der Waals surface area contributed by atoms with Gasteiger partial charge in [0.15, 0.2) is 0 Å². The number of halogens is 2. The van der Waals surface area contributed by atoms with E-state index in [9.17, 15) is 8.42 Å². The Hall–Kier alpha value is -1.34. The molecule has 0 spiro atoms. The molecule has 0 atom stereocenters. The highest BCUT2D eigenvalue weighted by atomic mass is 35.5. The first-order chi connectivity index (χ1) is 11.9. The first-order valence-electron chi connectivity index (χ1n) is 8.00. The fourth-order valence-corrected chi connectivity index (χ4v) is 5.00. The van der Waals surface area contributed by atoms with Gasteiger partial charge in [0.05, 0.1) is 20.6 Å². The number of aromatic nitrogens is 1. The second kappa shape index (κ2) is 7.50. The monoisotopic (exact) mass is 399 g/mol. The van der Waals surface area contributed by atoms with E-state index in [0.29, 0.717) is 53.2 Å². The van der Waals surface area contributed by atoms with Crippen molar-refractivity contribution in [3.8, 4) is 0 Å². The second-order valence-electron chi connectivity index (χ2n) is 6.01. The molecule has 3 rings (SSSR count). The number of nitrogens with zero attached hydrogens (tertiary/aromatic N) is 3. The maximum absolute atomic E-state index is 12.9. The average Bonchev–Trinajstić information content (AvgIpc) is 2.82. The van der Waals surface area contributed by atoms with Gasteiger partial charge < -0.3 is 4.90 Å². The number of benzene rings is 1. The summed E-state index contributed by atoms with van der Waals surface area (Å²) >= 11 is 12.5. The third-order valence-electron chi connectivity index (χ3n) is 4.26. The summed E-state index contributed by atoms with van der Waals surface area (Å²) in [6.45, 7) is 3.98. The molecule has 0 bridgehead atoms. The summed E-state index contributed by atoms with van der Waals surface area (Å²) in [6.07, 6.45) is 3.79. The number of hydrogen-bond donors (Lipinski definition) is 0. The molecule has 2 heterocycles. The Morgan fingerprint density at radius 1 is 0.960 bits per heavy atom. The molecule has 1 aliphatic rings. The Labute approximate surface area is 158 Å². The molecule has 25 heavy (non-hydrogen) atoms. The van der Waals surface area contributed by atoms with Crippen molar-refractivity contribution in [2.45, 2.75) is 18.2 Å². The highest BCUT2D eigenvalue weighted by Crippen LogP contribution is 2.33. The Morgan fingerprint density at radius 2 is 1.60 bits per heavy atom. The topological polar surface area (TPSA) is 53.5 Å². The van der Waals surface area contributed by atoms with Crippen molar-refractivity contribution in [2.24, 2.45) is 0 Å². The third-order valence-corrected chi connectivity index (χ3v) is 6.72. The lowest BCUT2D eigenvalue weighted by Crippen LogP contribution is -2.35. The Kier molecular flexibility index (Phi) is 5.53. The van der Waals surface area contributed by atoms with Crippen LogP contribution in [-0.4, -0.2) is 43.9 Å². The van der Waals surface area contributed by atoms with Crippen molar-refractivity contribution < 1.29 is 8.42 Å². The molecule has 0 N–H and O–H groups in total. The molecule has 0 saturated carbocycles. The molecule has 1 saturated heterocycles. The minimum absolute atomic E-state index is 0.325. The van der Waals surface area contributed by atoms with E-state index in [1.807, 2.05) is 24.0 Å². The Bertz CT molecular complexity index is 836. The van der Waals surface area contributed by atoms with Gasteiger partial charge in [-0.15, -0.1) is 0 Å². The summed E-state index contributed by atoms with van der Waals surface area (Å²) in [4.78, 5) is 6.32.